The molecule has 0 saturated heterocycles. The molecule has 1 aromatic rings. The Labute approximate surface area is 98.2 Å². The molecule has 0 unspecified atom stereocenters. The SMILES string of the molecule is C=C/C=C(\C=C)CCCc1ccc(C)nc1. The van der Waals surface area contributed by atoms with Crippen LogP contribution in [0.1, 0.15) is 24.1 Å². The molecular weight excluding hydrogens is 194 g/mol. The number of nitrogens with zero attached hydrogens (tertiary/aromatic N) is 1. The van der Waals surface area contributed by atoms with E-state index < -0.39 is 0 Å². The third-order valence-corrected chi connectivity index (χ3v) is 2.50. The van der Waals surface area contributed by atoms with E-state index in [0.717, 1.165) is 25.0 Å². The number of hydrogen-bond acceptors (Lipinski definition) is 1. The van der Waals surface area contributed by atoms with E-state index in [1.807, 2.05) is 31.3 Å². The number of aryl methyl sites for hydroxylation is 2. The van der Waals surface area contributed by atoms with Crippen LogP contribution in [0.4, 0.5) is 0 Å². The van der Waals surface area contributed by atoms with Gasteiger partial charge in [-0.2, -0.15) is 0 Å². The molecule has 1 aromatic heterocycles. The fourth-order valence-electron chi connectivity index (χ4n) is 1.55. The summed E-state index contributed by atoms with van der Waals surface area (Å²) in [4.78, 5) is 4.28. The number of rotatable bonds is 6. The van der Waals surface area contributed by atoms with Crippen LogP contribution >= 0.6 is 0 Å². The zero-order chi connectivity index (χ0) is 11.8. The van der Waals surface area contributed by atoms with E-state index in [1.165, 1.54) is 11.1 Å². The lowest BCUT2D eigenvalue weighted by atomic mass is 10.0. The van der Waals surface area contributed by atoms with E-state index in [2.05, 4.69) is 30.3 Å². The van der Waals surface area contributed by atoms with Crippen molar-refractivity contribution in [1.82, 2.24) is 4.98 Å². The molecule has 84 valence electrons. The molecule has 0 aliphatic heterocycles. The average molecular weight is 213 g/mol. The van der Waals surface area contributed by atoms with Crippen LogP contribution in [0.15, 0.2) is 55.3 Å². The van der Waals surface area contributed by atoms with E-state index >= 15 is 0 Å². The molecule has 0 bridgehead atoms. The van der Waals surface area contributed by atoms with Crippen LogP contribution in [0, 0.1) is 6.92 Å². The summed E-state index contributed by atoms with van der Waals surface area (Å²) < 4.78 is 0. The Morgan fingerprint density at radius 3 is 2.75 bits per heavy atom. The van der Waals surface area contributed by atoms with Gasteiger partial charge < -0.3 is 0 Å². The summed E-state index contributed by atoms with van der Waals surface area (Å²) in [5, 5.41) is 0. The zero-order valence-electron chi connectivity index (χ0n) is 9.95. The van der Waals surface area contributed by atoms with Gasteiger partial charge in [0.15, 0.2) is 0 Å². The highest BCUT2D eigenvalue weighted by molar-refractivity contribution is 5.21. The highest BCUT2D eigenvalue weighted by Crippen LogP contribution is 2.10. The van der Waals surface area contributed by atoms with Crippen LogP contribution in [0.3, 0.4) is 0 Å². The Kier molecular flexibility index (Phi) is 5.27. The van der Waals surface area contributed by atoms with Gasteiger partial charge in [0.2, 0.25) is 0 Å². The molecule has 0 atom stereocenters. The maximum atomic E-state index is 4.28. The fraction of sp³-hybridized carbons (Fsp3) is 0.267. The summed E-state index contributed by atoms with van der Waals surface area (Å²) in [5.41, 5.74) is 3.62. The van der Waals surface area contributed by atoms with Crippen molar-refractivity contribution in [1.29, 1.82) is 0 Å². The van der Waals surface area contributed by atoms with Crippen molar-refractivity contribution < 1.29 is 0 Å². The molecule has 1 rings (SSSR count). The standard InChI is InChI=1S/C15H19N/c1-4-7-14(5-2)8-6-9-15-11-10-13(3)16-12-15/h4-5,7,10-12H,1-2,6,8-9H2,3H3/b14-7+. The summed E-state index contributed by atoms with van der Waals surface area (Å²) in [7, 11) is 0. The molecule has 0 radical (unpaired) electrons. The van der Waals surface area contributed by atoms with Crippen LogP contribution in [-0.4, -0.2) is 4.98 Å². The normalized spacial score (nSPS) is 11.2. The first kappa shape index (κ1) is 12.4. The molecule has 0 N–H and O–H groups in total. The largest absolute Gasteiger partial charge is 0.261 e. The lowest BCUT2D eigenvalue weighted by Gasteiger charge is -2.02. The highest BCUT2D eigenvalue weighted by Gasteiger charge is 1.95. The first-order valence-corrected chi connectivity index (χ1v) is 5.62. The minimum absolute atomic E-state index is 1.05. The predicted octanol–water partition coefficient (Wildman–Crippen LogP) is 4.01. The first-order valence-electron chi connectivity index (χ1n) is 5.62. The molecule has 0 aliphatic rings. The monoisotopic (exact) mass is 213 g/mol. The van der Waals surface area contributed by atoms with Crippen molar-refractivity contribution in [3.05, 3.63) is 66.5 Å². The van der Waals surface area contributed by atoms with Gasteiger partial charge in [0.25, 0.3) is 0 Å². The summed E-state index contributed by atoms with van der Waals surface area (Å²) in [5.74, 6) is 0. The highest BCUT2D eigenvalue weighted by atomic mass is 14.6. The fourth-order valence-corrected chi connectivity index (χ4v) is 1.55. The zero-order valence-corrected chi connectivity index (χ0v) is 9.95. The molecular formula is C15H19N. The number of pyridine rings is 1. The van der Waals surface area contributed by atoms with E-state index in [4.69, 9.17) is 0 Å². The van der Waals surface area contributed by atoms with Crippen molar-refractivity contribution in [2.24, 2.45) is 0 Å². The molecule has 1 heterocycles. The average Bonchev–Trinajstić information content (AvgIpc) is 2.30. The topological polar surface area (TPSA) is 12.9 Å². The number of aromatic nitrogens is 1. The van der Waals surface area contributed by atoms with Gasteiger partial charge in [-0.05, 0) is 43.4 Å². The Hall–Kier alpha value is -1.63. The van der Waals surface area contributed by atoms with E-state index in [-0.39, 0.29) is 0 Å². The van der Waals surface area contributed by atoms with Crippen LogP contribution in [0.5, 0.6) is 0 Å². The van der Waals surface area contributed by atoms with Crippen molar-refractivity contribution in [3.8, 4) is 0 Å². The maximum absolute atomic E-state index is 4.28. The third kappa shape index (κ3) is 4.26. The van der Waals surface area contributed by atoms with Crippen molar-refractivity contribution in [2.45, 2.75) is 26.2 Å². The van der Waals surface area contributed by atoms with Gasteiger partial charge in [-0.25, -0.2) is 0 Å². The van der Waals surface area contributed by atoms with Crippen molar-refractivity contribution in [3.63, 3.8) is 0 Å². The molecule has 0 spiro atoms. The quantitative estimate of drug-likeness (QED) is 0.651. The minimum Gasteiger partial charge on any atom is -0.261 e. The van der Waals surface area contributed by atoms with Crippen molar-refractivity contribution >= 4 is 0 Å². The predicted molar refractivity (Wildman–Crippen MR) is 70.4 cm³/mol. The molecule has 0 aromatic carbocycles. The Bertz CT molecular complexity index is 371. The Morgan fingerprint density at radius 2 is 2.19 bits per heavy atom. The second-order valence-corrected chi connectivity index (χ2v) is 3.84. The molecule has 1 heteroatoms. The Morgan fingerprint density at radius 1 is 1.38 bits per heavy atom. The van der Waals surface area contributed by atoms with Crippen molar-refractivity contribution in [2.75, 3.05) is 0 Å². The number of hydrogen-bond donors (Lipinski definition) is 0. The molecule has 0 aliphatic carbocycles. The van der Waals surface area contributed by atoms with Gasteiger partial charge in [0.1, 0.15) is 0 Å². The molecule has 16 heavy (non-hydrogen) atoms. The van der Waals surface area contributed by atoms with Crippen LogP contribution in [-0.2, 0) is 6.42 Å². The van der Waals surface area contributed by atoms with Gasteiger partial charge in [-0.15, -0.1) is 0 Å². The third-order valence-electron chi connectivity index (χ3n) is 2.50. The smallest absolute Gasteiger partial charge is 0.0372 e. The molecule has 0 saturated carbocycles. The molecule has 0 fully saturated rings. The van der Waals surface area contributed by atoms with Gasteiger partial charge >= 0.3 is 0 Å². The maximum Gasteiger partial charge on any atom is 0.0372 e. The van der Waals surface area contributed by atoms with Gasteiger partial charge in [0.05, 0.1) is 0 Å². The van der Waals surface area contributed by atoms with Gasteiger partial charge in [0, 0.05) is 11.9 Å². The van der Waals surface area contributed by atoms with E-state index in [0.29, 0.717) is 0 Å². The first-order chi connectivity index (χ1) is 7.76. The minimum atomic E-state index is 1.05. The van der Waals surface area contributed by atoms with Crippen LogP contribution in [0.25, 0.3) is 0 Å². The summed E-state index contributed by atoms with van der Waals surface area (Å²) in [6.45, 7) is 9.49. The van der Waals surface area contributed by atoms with Crippen LogP contribution < -0.4 is 0 Å². The summed E-state index contributed by atoms with van der Waals surface area (Å²) >= 11 is 0. The Balaban J connectivity index is 2.40. The van der Waals surface area contributed by atoms with Gasteiger partial charge in [-0.3, -0.25) is 4.98 Å². The van der Waals surface area contributed by atoms with E-state index in [1.54, 1.807) is 0 Å². The van der Waals surface area contributed by atoms with Crippen LogP contribution in [0.2, 0.25) is 0 Å². The lowest BCUT2D eigenvalue weighted by Crippen LogP contribution is -1.89. The molecule has 1 nitrogen and oxygen atoms in total. The van der Waals surface area contributed by atoms with Gasteiger partial charge in [-0.1, -0.05) is 37.5 Å². The lowest BCUT2D eigenvalue weighted by molar-refractivity contribution is 0.819. The van der Waals surface area contributed by atoms with E-state index in [9.17, 15) is 0 Å². The number of allylic oxidation sites excluding steroid dienone is 4. The second-order valence-electron chi connectivity index (χ2n) is 3.84. The molecule has 0 amide bonds. The second kappa shape index (κ2) is 6.78. The summed E-state index contributed by atoms with van der Waals surface area (Å²) in [6.07, 6.45) is 10.9. The summed E-state index contributed by atoms with van der Waals surface area (Å²) in [6, 6.07) is 4.20.